The summed E-state index contributed by atoms with van der Waals surface area (Å²) in [5, 5.41) is 3.03. The van der Waals surface area contributed by atoms with E-state index in [1.165, 1.54) is 13.0 Å². The summed E-state index contributed by atoms with van der Waals surface area (Å²) < 4.78 is 11.8. The zero-order chi connectivity index (χ0) is 17.0. The number of likely N-dealkylation sites (tertiary alicyclic amines) is 1. The van der Waals surface area contributed by atoms with Crippen LogP contribution in [-0.2, 0) is 14.3 Å². The molecule has 5 nitrogen and oxygen atoms in total. The van der Waals surface area contributed by atoms with Crippen LogP contribution in [0.3, 0.4) is 0 Å². The predicted octanol–water partition coefficient (Wildman–Crippen LogP) is 2.34. The first kappa shape index (κ1) is 18.2. The van der Waals surface area contributed by atoms with Gasteiger partial charge in [0.1, 0.15) is 6.10 Å². The van der Waals surface area contributed by atoms with Crippen LogP contribution in [0.4, 0.5) is 0 Å². The Hall–Kier alpha value is -0.650. The molecule has 1 spiro atoms. The van der Waals surface area contributed by atoms with E-state index in [0.29, 0.717) is 13.2 Å². The van der Waals surface area contributed by atoms with Crippen molar-refractivity contribution in [1.29, 1.82) is 0 Å². The van der Waals surface area contributed by atoms with Gasteiger partial charge in [0.25, 0.3) is 0 Å². The van der Waals surface area contributed by atoms with Crippen molar-refractivity contribution < 1.29 is 14.3 Å². The molecule has 3 aliphatic rings. The largest absolute Gasteiger partial charge is 0.370 e. The first-order valence-electron chi connectivity index (χ1n) is 9.86. The van der Waals surface area contributed by atoms with Crippen molar-refractivity contribution >= 4 is 5.91 Å². The molecule has 3 saturated heterocycles. The van der Waals surface area contributed by atoms with Gasteiger partial charge in [0.05, 0.1) is 11.7 Å². The minimum atomic E-state index is -0.232. The molecule has 0 radical (unpaired) electrons. The summed E-state index contributed by atoms with van der Waals surface area (Å²) in [7, 11) is 0. The lowest BCUT2D eigenvalue weighted by atomic mass is 9.88. The maximum Gasteiger partial charge on any atom is 0.249 e. The van der Waals surface area contributed by atoms with Gasteiger partial charge < -0.3 is 19.7 Å². The van der Waals surface area contributed by atoms with Gasteiger partial charge >= 0.3 is 0 Å². The van der Waals surface area contributed by atoms with E-state index in [-0.39, 0.29) is 23.7 Å². The summed E-state index contributed by atoms with van der Waals surface area (Å²) in [6, 6.07) is 0. The Morgan fingerprint density at radius 1 is 1.25 bits per heavy atom. The maximum atomic E-state index is 12.0. The molecule has 2 atom stereocenters. The van der Waals surface area contributed by atoms with Gasteiger partial charge in [-0.15, -0.1) is 0 Å². The maximum absolute atomic E-state index is 12.0. The minimum absolute atomic E-state index is 0.0422. The monoisotopic (exact) mass is 338 g/mol. The Bertz CT molecular complexity index is 413. The van der Waals surface area contributed by atoms with Gasteiger partial charge in [-0.05, 0) is 57.4 Å². The highest BCUT2D eigenvalue weighted by atomic mass is 16.5. The molecule has 1 amide bonds. The van der Waals surface area contributed by atoms with Crippen molar-refractivity contribution in [2.24, 2.45) is 5.92 Å². The Balaban J connectivity index is 1.37. The van der Waals surface area contributed by atoms with Gasteiger partial charge in [-0.1, -0.05) is 13.8 Å². The molecular formula is C19H34N2O3. The zero-order valence-electron chi connectivity index (χ0n) is 15.4. The van der Waals surface area contributed by atoms with E-state index < -0.39 is 0 Å². The van der Waals surface area contributed by atoms with E-state index >= 15 is 0 Å². The van der Waals surface area contributed by atoms with E-state index in [1.54, 1.807) is 0 Å². The topological polar surface area (TPSA) is 50.8 Å². The highest BCUT2D eigenvalue weighted by Crippen LogP contribution is 2.38. The first-order valence-corrected chi connectivity index (χ1v) is 9.86. The van der Waals surface area contributed by atoms with Crippen molar-refractivity contribution in [3.8, 4) is 0 Å². The third kappa shape index (κ3) is 4.70. The normalized spacial score (nSPS) is 30.3. The second kappa shape index (κ2) is 8.15. The number of rotatable bonds is 6. The molecule has 0 aliphatic carbocycles. The van der Waals surface area contributed by atoms with Crippen LogP contribution in [-0.4, -0.2) is 61.4 Å². The van der Waals surface area contributed by atoms with E-state index in [2.05, 4.69) is 24.1 Å². The van der Waals surface area contributed by atoms with Gasteiger partial charge in [-0.2, -0.15) is 0 Å². The highest BCUT2D eigenvalue weighted by molar-refractivity contribution is 5.80. The van der Waals surface area contributed by atoms with E-state index in [1.807, 2.05) is 0 Å². The standard InChI is InChI=1S/C19H34N2O3/c1-15(2)6-10-21-11-8-19(9-12-21)7-5-16(24-19)14-20-18(22)17-4-3-13-23-17/h15-17H,3-14H2,1-2H3,(H,20,22). The van der Waals surface area contributed by atoms with Gasteiger partial charge in [0.2, 0.25) is 5.91 Å². The van der Waals surface area contributed by atoms with E-state index in [0.717, 1.165) is 57.5 Å². The van der Waals surface area contributed by atoms with Gasteiger partial charge in [0.15, 0.2) is 0 Å². The Labute approximate surface area is 146 Å². The third-order valence-corrected chi connectivity index (χ3v) is 5.85. The van der Waals surface area contributed by atoms with Crippen LogP contribution < -0.4 is 5.32 Å². The van der Waals surface area contributed by atoms with E-state index in [9.17, 15) is 4.79 Å². The first-order chi connectivity index (χ1) is 11.6. The van der Waals surface area contributed by atoms with Crippen LogP contribution in [0.15, 0.2) is 0 Å². The second-order valence-electron chi connectivity index (χ2n) is 8.23. The minimum Gasteiger partial charge on any atom is -0.370 e. The molecule has 3 heterocycles. The van der Waals surface area contributed by atoms with Crippen molar-refractivity contribution in [3.63, 3.8) is 0 Å². The van der Waals surface area contributed by atoms with Gasteiger partial charge in [-0.3, -0.25) is 4.79 Å². The summed E-state index contributed by atoms with van der Waals surface area (Å²) in [6.07, 6.45) is 7.57. The second-order valence-corrected chi connectivity index (χ2v) is 8.23. The number of amides is 1. The van der Waals surface area contributed by atoms with Crippen molar-refractivity contribution in [2.75, 3.05) is 32.8 Å². The zero-order valence-corrected chi connectivity index (χ0v) is 15.4. The van der Waals surface area contributed by atoms with Crippen LogP contribution >= 0.6 is 0 Å². The average Bonchev–Trinajstić information content (AvgIpc) is 3.23. The Kier molecular flexibility index (Phi) is 6.17. The summed E-state index contributed by atoms with van der Waals surface area (Å²) in [4.78, 5) is 14.6. The quantitative estimate of drug-likeness (QED) is 0.808. The van der Waals surface area contributed by atoms with Gasteiger partial charge in [0, 0.05) is 26.2 Å². The lowest BCUT2D eigenvalue weighted by Gasteiger charge is -2.39. The molecule has 1 N–H and O–H groups in total. The number of hydrogen-bond donors (Lipinski definition) is 1. The number of carbonyl (C=O) groups is 1. The number of nitrogens with zero attached hydrogens (tertiary/aromatic N) is 1. The molecule has 5 heteroatoms. The number of hydrogen-bond acceptors (Lipinski definition) is 4. The summed E-state index contributed by atoms with van der Waals surface area (Å²) >= 11 is 0. The average molecular weight is 338 g/mol. The fourth-order valence-electron chi connectivity index (χ4n) is 4.14. The number of nitrogens with one attached hydrogen (secondary N) is 1. The Morgan fingerprint density at radius 2 is 2.04 bits per heavy atom. The molecule has 0 aromatic rings. The molecule has 3 fully saturated rings. The molecular weight excluding hydrogens is 304 g/mol. The van der Waals surface area contributed by atoms with E-state index in [4.69, 9.17) is 9.47 Å². The van der Waals surface area contributed by atoms with Crippen molar-refractivity contribution in [3.05, 3.63) is 0 Å². The number of piperidine rings is 1. The van der Waals surface area contributed by atoms with Crippen molar-refractivity contribution in [2.45, 2.75) is 76.6 Å². The van der Waals surface area contributed by atoms with Crippen LogP contribution in [0.25, 0.3) is 0 Å². The van der Waals surface area contributed by atoms with Crippen molar-refractivity contribution in [1.82, 2.24) is 10.2 Å². The lowest BCUT2D eigenvalue weighted by Crippen LogP contribution is -2.46. The number of carbonyl (C=O) groups excluding carboxylic acids is 1. The molecule has 3 aliphatic heterocycles. The van der Waals surface area contributed by atoms with Gasteiger partial charge in [-0.25, -0.2) is 0 Å². The molecule has 2 unspecified atom stereocenters. The van der Waals surface area contributed by atoms with Crippen LogP contribution in [0.1, 0.15) is 58.8 Å². The summed E-state index contributed by atoms with van der Waals surface area (Å²) in [5.41, 5.74) is 0.0770. The van der Waals surface area contributed by atoms with Crippen LogP contribution in [0.5, 0.6) is 0 Å². The predicted molar refractivity (Wildman–Crippen MR) is 94.0 cm³/mol. The SMILES string of the molecule is CC(C)CCN1CCC2(CCC(CNC(=O)C3CCCO3)O2)CC1. The molecule has 24 heavy (non-hydrogen) atoms. The summed E-state index contributed by atoms with van der Waals surface area (Å²) in [5.74, 6) is 0.820. The molecule has 0 aromatic carbocycles. The Morgan fingerprint density at radius 3 is 2.71 bits per heavy atom. The summed E-state index contributed by atoms with van der Waals surface area (Å²) in [6.45, 7) is 9.46. The molecule has 138 valence electrons. The molecule has 0 bridgehead atoms. The van der Waals surface area contributed by atoms with Crippen LogP contribution in [0.2, 0.25) is 0 Å². The third-order valence-electron chi connectivity index (χ3n) is 5.85. The lowest BCUT2D eigenvalue weighted by molar-refractivity contribution is -0.131. The number of ether oxygens (including phenoxy) is 2. The molecule has 0 aromatic heterocycles. The smallest absolute Gasteiger partial charge is 0.249 e. The highest BCUT2D eigenvalue weighted by Gasteiger charge is 2.42. The van der Waals surface area contributed by atoms with Crippen LogP contribution in [0, 0.1) is 5.92 Å². The molecule has 3 rings (SSSR count). The fourth-order valence-corrected chi connectivity index (χ4v) is 4.14. The molecule has 0 saturated carbocycles. The fraction of sp³-hybridized carbons (Fsp3) is 0.947.